The highest BCUT2D eigenvalue weighted by molar-refractivity contribution is 9.10. The molecule has 26 heavy (non-hydrogen) atoms. The predicted molar refractivity (Wildman–Crippen MR) is 104 cm³/mol. The lowest BCUT2D eigenvalue weighted by Gasteiger charge is -2.12. The van der Waals surface area contributed by atoms with Crippen LogP contribution in [0.1, 0.15) is 15.9 Å². The van der Waals surface area contributed by atoms with Gasteiger partial charge in [0.1, 0.15) is 5.75 Å². The molecule has 1 aromatic heterocycles. The number of rotatable bonds is 5. The van der Waals surface area contributed by atoms with Crippen LogP contribution in [0.5, 0.6) is 11.6 Å². The maximum Gasteiger partial charge on any atom is 0.254 e. The molecule has 0 aliphatic heterocycles. The van der Waals surface area contributed by atoms with Crippen LogP contribution in [0.15, 0.2) is 59.2 Å². The van der Waals surface area contributed by atoms with E-state index in [-0.39, 0.29) is 5.91 Å². The minimum Gasteiger partial charge on any atom is -0.437 e. The van der Waals surface area contributed by atoms with E-state index in [1.54, 1.807) is 37.5 Å². The molecule has 2 N–H and O–H groups in total. The molecule has 0 spiro atoms. The highest BCUT2D eigenvalue weighted by atomic mass is 79.9. The fourth-order valence-corrected chi connectivity index (χ4v) is 2.59. The van der Waals surface area contributed by atoms with Crippen molar-refractivity contribution in [3.63, 3.8) is 0 Å². The first-order chi connectivity index (χ1) is 12.6. The average molecular weight is 413 g/mol. The van der Waals surface area contributed by atoms with Crippen molar-refractivity contribution >= 4 is 33.5 Å². The summed E-state index contributed by atoms with van der Waals surface area (Å²) in [6.45, 7) is 2.01. The van der Waals surface area contributed by atoms with Crippen molar-refractivity contribution in [3.8, 4) is 11.6 Å². The van der Waals surface area contributed by atoms with Gasteiger partial charge in [-0.3, -0.25) is 4.79 Å². The number of anilines is 2. The van der Waals surface area contributed by atoms with E-state index >= 15 is 0 Å². The number of aromatic nitrogens is 2. The topological polar surface area (TPSA) is 76.1 Å². The third-order valence-corrected chi connectivity index (χ3v) is 4.10. The van der Waals surface area contributed by atoms with Crippen LogP contribution in [-0.4, -0.2) is 22.9 Å². The number of carbonyl (C=O) groups is 1. The average Bonchev–Trinajstić information content (AvgIpc) is 2.64. The summed E-state index contributed by atoms with van der Waals surface area (Å²) in [4.78, 5) is 20.6. The molecule has 1 heterocycles. The van der Waals surface area contributed by atoms with Crippen molar-refractivity contribution in [1.29, 1.82) is 0 Å². The van der Waals surface area contributed by atoms with Crippen LogP contribution in [0.25, 0.3) is 0 Å². The summed E-state index contributed by atoms with van der Waals surface area (Å²) in [7, 11) is 1.57. The van der Waals surface area contributed by atoms with Crippen LogP contribution >= 0.6 is 15.9 Å². The first kappa shape index (κ1) is 17.9. The van der Waals surface area contributed by atoms with E-state index in [1.807, 2.05) is 31.2 Å². The van der Waals surface area contributed by atoms with Crippen LogP contribution in [0.4, 0.5) is 11.6 Å². The van der Waals surface area contributed by atoms with Crippen LogP contribution in [0.3, 0.4) is 0 Å². The third-order valence-electron chi connectivity index (χ3n) is 3.55. The van der Waals surface area contributed by atoms with Gasteiger partial charge in [-0.05, 0) is 52.7 Å². The highest BCUT2D eigenvalue weighted by Gasteiger charge is 2.14. The molecular formula is C19H17BrN4O2. The smallest absolute Gasteiger partial charge is 0.254 e. The summed E-state index contributed by atoms with van der Waals surface area (Å²) < 4.78 is 6.45. The Balaban J connectivity index is 1.88. The molecule has 132 valence electrons. The van der Waals surface area contributed by atoms with Gasteiger partial charge in [0, 0.05) is 12.7 Å². The fraction of sp³-hybridized carbons (Fsp3) is 0.105. The second kappa shape index (κ2) is 7.97. The van der Waals surface area contributed by atoms with E-state index in [2.05, 4.69) is 36.5 Å². The maximum atomic E-state index is 12.0. The summed E-state index contributed by atoms with van der Waals surface area (Å²) in [5, 5.41) is 5.74. The van der Waals surface area contributed by atoms with Crippen molar-refractivity contribution in [3.05, 3.63) is 70.3 Å². The van der Waals surface area contributed by atoms with Gasteiger partial charge in [-0.1, -0.05) is 24.3 Å². The van der Waals surface area contributed by atoms with Crippen molar-refractivity contribution in [2.45, 2.75) is 6.92 Å². The zero-order chi connectivity index (χ0) is 18.5. The number of carbonyl (C=O) groups excluding carboxylic acids is 1. The van der Waals surface area contributed by atoms with Crippen LogP contribution in [0.2, 0.25) is 0 Å². The molecule has 0 aliphatic rings. The Morgan fingerprint density at radius 2 is 1.96 bits per heavy atom. The minimum atomic E-state index is -0.233. The SMILES string of the molecule is CNC(=O)c1ccccc1Oc1nc(Nc2cccc(C)c2)ncc1Br. The Morgan fingerprint density at radius 1 is 1.15 bits per heavy atom. The molecule has 3 aromatic rings. The molecule has 0 radical (unpaired) electrons. The van der Waals surface area contributed by atoms with Crippen molar-refractivity contribution in [2.75, 3.05) is 12.4 Å². The number of amides is 1. The van der Waals surface area contributed by atoms with Gasteiger partial charge >= 0.3 is 0 Å². The van der Waals surface area contributed by atoms with Gasteiger partial charge in [0.25, 0.3) is 5.91 Å². The summed E-state index contributed by atoms with van der Waals surface area (Å²) >= 11 is 3.39. The second-order valence-corrected chi connectivity index (χ2v) is 6.37. The van der Waals surface area contributed by atoms with E-state index < -0.39 is 0 Å². The van der Waals surface area contributed by atoms with E-state index in [9.17, 15) is 4.79 Å². The quantitative estimate of drug-likeness (QED) is 0.647. The van der Waals surface area contributed by atoms with Crippen LogP contribution < -0.4 is 15.4 Å². The number of ether oxygens (including phenoxy) is 1. The van der Waals surface area contributed by atoms with Gasteiger partial charge in [0.2, 0.25) is 11.8 Å². The van der Waals surface area contributed by atoms with Gasteiger partial charge < -0.3 is 15.4 Å². The summed E-state index contributed by atoms with van der Waals surface area (Å²) in [6.07, 6.45) is 1.60. The second-order valence-electron chi connectivity index (χ2n) is 5.52. The molecule has 7 heteroatoms. The van der Waals surface area contributed by atoms with Crippen molar-refractivity contribution in [1.82, 2.24) is 15.3 Å². The molecule has 0 fully saturated rings. The first-order valence-electron chi connectivity index (χ1n) is 7.92. The molecule has 0 unspecified atom stereocenters. The number of nitrogens with one attached hydrogen (secondary N) is 2. The highest BCUT2D eigenvalue weighted by Crippen LogP contribution is 2.30. The Bertz CT molecular complexity index is 946. The molecule has 2 aromatic carbocycles. The van der Waals surface area contributed by atoms with E-state index in [0.717, 1.165) is 11.3 Å². The lowest BCUT2D eigenvalue weighted by molar-refractivity contribution is 0.0960. The molecule has 6 nitrogen and oxygen atoms in total. The van der Waals surface area contributed by atoms with Gasteiger partial charge in [-0.25, -0.2) is 4.98 Å². The number of aryl methyl sites for hydroxylation is 1. The summed E-state index contributed by atoms with van der Waals surface area (Å²) in [5.74, 6) is 0.884. The van der Waals surface area contributed by atoms with Gasteiger partial charge in [-0.15, -0.1) is 0 Å². The Labute approximate surface area is 159 Å². The fourth-order valence-electron chi connectivity index (χ4n) is 2.32. The minimum absolute atomic E-state index is 0.233. The normalized spacial score (nSPS) is 10.3. The maximum absolute atomic E-state index is 12.0. The number of halogens is 1. The lowest BCUT2D eigenvalue weighted by Crippen LogP contribution is -2.18. The molecular weight excluding hydrogens is 396 g/mol. The largest absolute Gasteiger partial charge is 0.437 e. The van der Waals surface area contributed by atoms with Crippen molar-refractivity contribution < 1.29 is 9.53 Å². The van der Waals surface area contributed by atoms with Crippen molar-refractivity contribution in [2.24, 2.45) is 0 Å². The standard InChI is InChI=1S/C19H17BrN4O2/c1-12-6-5-7-13(10-12)23-19-22-11-15(20)18(24-19)26-16-9-4-3-8-14(16)17(25)21-2/h3-11H,1-2H3,(H,21,25)(H,22,23,24). The van der Waals surface area contributed by atoms with E-state index in [0.29, 0.717) is 27.6 Å². The number of hydrogen-bond donors (Lipinski definition) is 2. The molecule has 0 saturated carbocycles. The Kier molecular flexibility index (Phi) is 5.48. The molecule has 0 atom stereocenters. The Hall–Kier alpha value is -2.93. The molecule has 0 saturated heterocycles. The monoisotopic (exact) mass is 412 g/mol. The summed E-state index contributed by atoms with van der Waals surface area (Å²) in [5.41, 5.74) is 2.43. The zero-order valence-electron chi connectivity index (χ0n) is 14.3. The molecule has 0 aliphatic carbocycles. The van der Waals surface area contributed by atoms with Gasteiger partial charge in [0.05, 0.1) is 16.2 Å². The van der Waals surface area contributed by atoms with E-state index in [4.69, 9.17) is 4.74 Å². The summed E-state index contributed by atoms with van der Waals surface area (Å²) in [6, 6.07) is 14.9. The number of benzene rings is 2. The number of hydrogen-bond acceptors (Lipinski definition) is 5. The lowest BCUT2D eigenvalue weighted by atomic mass is 10.2. The molecule has 0 bridgehead atoms. The third kappa shape index (κ3) is 4.18. The van der Waals surface area contributed by atoms with Crippen LogP contribution in [0, 0.1) is 6.92 Å². The molecule has 1 amide bonds. The Morgan fingerprint density at radius 3 is 2.73 bits per heavy atom. The number of para-hydroxylation sites is 1. The number of nitrogens with zero attached hydrogens (tertiary/aromatic N) is 2. The van der Waals surface area contributed by atoms with Crippen LogP contribution in [-0.2, 0) is 0 Å². The first-order valence-corrected chi connectivity index (χ1v) is 8.71. The van der Waals surface area contributed by atoms with Gasteiger partial charge in [-0.2, -0.15) is 4.98 Å². The van der Waals surface area contributed by atoms with E-state index in [1.165, 1.54) is 0 Å². The van der Waals surface area contributed by atoms with Gasteiger partial charge in [0.15, 0.2) is 0 Å². The predicted octanol–water partition coefficient (Wildman–Crippen LogP) is 4.44. The zero-order valence-corrected chi connectivity index (χ0v) is 15.9. The molecule has 3 rings (SSSR count).